The summed E-state index contributed by atoms with van der Waals surface area (Å²) in [7, 11) is -4.08. The molecule has 1 amide bonds. The van der Waals surface area contributed by atoms with Crippen molar-refractivity contribution in [2.45, 2.75) is 57.1 Å². The zero-order valence-corrected chi connectivity index (χ0v) is 27.3. The number of rotatable bonds is 6. The molecule has 6 rings (SSSR count). The molecule has 5 aromatic rings. The number of fused-ring (bicyclic) bond motifs is 1. The average Bonchev–Trinajstić information content (AvgIpc) is 3.41. The number of aromatic nitrogens is 3. The molecule has 0 spiro atoms. The van der Waals surface area contributed by atoms with E-state index in [0.29, 0.717) is 29.9 Å². The first-order valence-corrected chi connectivity index (χ1v) is 16.7. The van der Waals surface area contributed by atoms with E-state index in [1.54, 1.807) is 29.4 Å². The Bertz CT molecular complexity index is 2050. The number of aryl methyl sites for hydroxylation is 1. The van der Waals surface area contributed by atoms with E-state index in [-0.39, 0.29) is 39.3 Å². The van der Waals surface area contributed by atoms with Gasteiger partial charge in [0.1, 0.15) is 17.2 Å². The fraction of sp³-hybridized carbons (Fsp3) is 0.286. The molecule has 1 aliphatic rings. The van der Waals surface area contributed by atoms with Crippen molar-refractivity contribution in [3.8, 4) is 22.4 Å². The summed E-state index contributed by atoms with van der Waals surface area (Å²) < 4.78 is 64.1. The Morgan fingerprint density at radius 2 is 1.74 bits per heavy atom. The molecular weight excluding hydrogens is 624 g/mol. The third kappa shape index (κ3) is 6.69. The van der Waals surface area contributed by atoms with Crippen LogP contribution >= 0.6 is 0 Å². The third-order valence-electron chi connectivity index (χ3n) is 7.90. The maximum absolute atomic E-state index is 14.8. The Labute approximate surface area is 272 Å². The molecule has 244 valence electrons. The zero-order valence-electron chi connectivity index (χ0n) is 26.5. The fourth-order valence-corrected chi connectivity index (χ4v) is 7.04. The predicted molar refractivity (Wildman–Crippen MR) is 177 cm³/mol. The fourth-order valence-electron chi connectivity index (χ4n) is 5.68. The molecule has 0 unspecified atom stereocenters. The summed E-state index contributed by atoms with van der Waals surface area (Å²) in [5.74, 6) is -1.57. The van der Waals surface area contributed by atoms with E-state index in [9.17, 15) is 22.0 Å². The minimum atomic E-state index is -4.08. The van der Waals surface area contributed by atoms with Gasteiger partial charge in [-0.2, -0.15) is 0 Å². The van der Waals surface area contributed by atoms with Crippen LogP contribution in [-0.4, -0.2) is 58.1 Å². The van der Waals surface area contributed by atoms with E-state index in [0.717, 1.165) is 34.5 Å². The number of nitrogens with zero attached hydrogens (tertiary/aromatic N) is 4. The van der Waals surface area contributed by atoms with Crippen molar-refractivity contribution in [1.82, 2.24) is 18.8 Å². The number of hydrogen-bond acceptors (Lipinski definition) is 7. The first kappa shape index (κ1) is 32.1. The molecule has 1 aliphatic heterocycles. The molecule has 1 N–H and O–H groups in total. The highest BCUT2D eigenvalue weighted by Gasteiger charge is 2.28. The topological polar surface area (TPSA) is 106 Å². The molecule has 47 heavy (non-hydrogen) atoms. The van der Waals surface area contributed by atoms with Crippen LogP contribution in [0.3, 0.4) is 0 Å². The van der Waals surface area contributed by atoms with Crippen LogP contribution in [0.15, 0.2) is 84.1 Å². The van der Waals surface area contributed by atoms with Crippen LogP contribution in [0.1, 0.15) is 39.2 Å². The first-order valence-electron chi connectivity index (χ1n) is 15.3. The molecule has 3 aromatic heterocycles. The number of anilines is 1. The van der Waals surface area contributed by atoms with Gasteiger partial charge in [0.25, 0.3) is 10.0 Å². The summed E-state index contributed by atoms with van der Waals surface area (Å²) in [5.41, 5.74) is 2.07. The van der Waals surface area contributed by atoms with Gasteiger partial charge in [0, 0.05) is 48.8 Å². The molecule has 1 atom stereocenters. The lowest BCUT2D eigenvalue weighted by Gasteiger charge is -2.34. The van der Waals surface area contributed by atoms with E-state index in [4.69, 9.17) is 4.74 Å². The number of piperidine rings is 1. The van der Waals surface area contributed by atoms with Crippen molar-refractivity contribution in [2.24, 2.45) is 0 Å². The van der Waals surface area contributed by atoms with Gasteiger partial charge in [-0.3, -0.25) is 4.98 Å². The lowest BCUT2D eigenvalue weighted by Crippen LogP contribution is -2.47. The number of pyridine rings is 2. The van der Waals surface area contributed by atoms with Crippen LogP contribution in [0, 0.1) is 18.6 Å². The van der Waals surface area contributed by atoms with E-state index < -0.39 is 27.3 Å². The molecule has 12 heteroatoms. The normalized spacial score (nSPS) is 15.5. The van der Waals surface area contributed by atoms with Gasteiger partial charge in [0.15, 0.2) is 0 Å². The van der Waals surface area contributed by atoms with E-state index in [1.165, 1.54) is 36.5 Å². The maximum Gasteiger partial charge on any atom is 0.410 e. The number of carbonyl (C=O) groups is 1. The van der Waals surface area contributed by atoms with Gasteiger partial charge >= 0.3 is 6.09 Å². The molecule has 1 fully saturated rings. The van der Waals surface area contributed by atoms with Gasteiger partial charge in [-0.25, -0.2) is 30.9 Å². The highest BCUT2D eigenvalue weighted by molar-refractivity contribution is 7.90. The number of nitrogens with one attached hydrogen (secondary N) is 1. The number of hydrogen-bond donors (Lipinski definition) is 1. The summed E-state index contributed by atoms with van der Waals surface area (Å²) in [6, 6.07) is 14.7. The average molecular weight is 660 g/mol. The van der Waals surface area contributed by atoms with Gasteiger partial charge in [0.05, 0.1) is 32.9 Å². The Hall–Kier alpha value is -4.84. The van der Waals surface area contributed by atoms with Crippen molar-refractivity contribution in [1.29, 1.82) is 0 Å². The summed E-state index contributed by atoms with van der Waals surface area (Å²) >= 11 is 0. The quantitative estimate of drug-likeness (QED) is 0.203. The number of carbonyl (C=O) groups excluding carboxylic acids is 1. The number of amides is 1. The van der Waals surface area contributed by atoms with Crippen molar-refractivity contribution in [3.63, 3.8) is 0 Å². The minimum Gasteiger partial charge on any atom is -0.444 e. The molecule has 9 nitrogen and oxygen atoms in total. The molecule has 0 saturated carbocycles. The van der Waals surface area contributed by atoms with Crippen molar-refractivity contribution >= 4 is 32.8 Å². The van der Waals surface area contributed by atoms with E-state index in [2.05, 4.69) is 15.3 Å². The van der Waals surface area contributed by atoms with Crippen LogP contribution in [-0.2, 0) is 14.8 Å². The second-order valence-electron chi connectivity index (χ2n) is 12.7. The standard InChI is InChI=1S/C35H35F2N5O4S/c1-22-10-12-26(13-11-22)47(44,45)42-21-27(33-31(42)15-14-30(40-33)32-28(36)8-5-9-29(32)37)23-17-25(19-38-18-23)39-24-7-6-16-41(20-24)34(43)46-35(2,3)4/h5,8-15,17-19,21,24,39H,6-7,16,20H2,1-4H3/t24-/m0/s1. The number of ether oxygens (including phenoxy) is 1. The van der Waals surface area contributed by atoms with Crippen LogP contribution in [0.2, 0.25) is 0 Å². The second-order valence-corrected chi connectivity index (χ2v) is 14.5. The lowest BCUT2D eigenvalue weighted by atomic mass is 10.0. The second kappa shape index (κ2) is 12.4. The highest BCUT2D eigenvalue weighted by atomic mass is 32.2. The smallest absolute Gasteiger partial charge is 0.410 e. The Morgan fingerprint density at radius 3 is 2.45 bits per heavy atom. The Kier molecular flexibility index (Phi) is 8.47. The maximum atomic E-state index is 14.8. The first-order chi connectivity index (χ1) is 22.3. The predicted octanol–water partition coefficient (Wildman–Crippen LogP) is 7.40. The van der Waals surface area contributed by atoms with Gasteiger partial charge in [-0.15, -0.1) is 0 Å². The summed E-state index contributed by atoms with van der Waals surface area (Å²) in [6.45, 7) is 8.38. The monoisotopic (exact) mass is 659 g/mol. The van der Waals surface area contributed by atoms with Gasteiger partial charge in [-0.1, -0.05) is 23.8 Å². The van der Waals surface area contributed by atoms with Gasteiger partial charge < -0.3 is 15.0 Å². The van der Waals surface area contributed by atoms with E-state index in [1.807, 2.05) is 33.8 Å². The van der Waals surface area contributed by atoms with Crippen molar-refractivity contribution in [3.05, 3.63) is 96.5 Å². The van der Waals surface area contributed by atoms with Crippen LogP contribution in [0.4, 0.5) is 19.3 Å². The highest BCUT2D eigenvalue weighted by Crippen LogP contribution is 2.35. The molecule has 0 aliphatic carbocycles. The van der Waals surface area contributed by atoms with Crippen molar-refractivity contribution < 1.29 is 26.7 Å². The molecule has 2 aromatic carbocycles. The van der Waals surface area contributed by atoms with Crippen molar-refractivity contribution in [2.75, 3.05) is 18.4 Å². The van der Waals surface area contributed by atoms with Gasteiger partial charge in [-0.05, 0) is 83.0 Å². The van der Waals surface area contributed by atoms with Gasteiger partial charge in [0.2, 0.25) is 0 Å². The Balaban J connectivity index is 1.41. The largest absolute Gasteiger partial charge is 0.444 e. The molecule has 1 saturated heterocycles. The number of halogens is 2. The lowest BCUT2D eigenvalue weighted by molar-refractivity contribution is 0.0206. The minimum absolute atomic E-state index is 0.0199. The van der Waals surface area contributed by atoms with E-state index >= 15 is 0 Å². The molecule has 0 radical (unpaired) electrons. The number of likely N-dealkylation sites (tertiary alicyclic amines) is 1. The summed E-state index contributed by atoms with van der Waals surface area (Å²) in [5, 5.41) is 3.45. The Morgan fingerprint density at radius 1 is 1.02 bits per heavy atom. The van der Waals surface area contributed by atoms with Crippen LogP contribution in [0.25, 0.3) is 33.4 Å². The zero-order chi connectivity index (χ0) is 33.5. The SMILES string of the molecule is Cc1ccc(S(=O)(=O)n2cc(-c3cncc(N[C@H]4CCCN(C(=O)OC(C)(C)C)C4)c3)c3nc(-c4c(F)cccc4F)ccc32)cc1. The molecule has 4 heterocycles. The summed E-state index contributed by atoms with van der Waals surface area (Å²) in [4.78, 5) is 23.5. The van der Waals surface area contributed by atoms with Crippen LogP contribution < -0.4 is 5.32 Å². The van der Waals surface area contributed by atoms with Crippen LogP contribution in [0.5, 0.6) is 0 Å². The number of benzene rings is 2. The third-order valence-corrected chi connectivity index (χ3v) is 9.59. The molecule has 0 bridgehead atoms. The molecular formula is C35H35F2N5O4S. The summed E-state index contributed by atoms with van der Waals surface area (Å²) in [6.07, 6.45) is 5.91.